The molecule has 1 unspecified atom stereocenters. The van der Waals surface area contributed by atoms with Gasteiger partial charge in [0, 0.05) is 11.8 Å². The van der Waals surface area contributed by atoms with Gasteiger partial charge in [-0.25, -0.2) is 0 Å². The van der Waals surface area contributed by atoms with Gasteiger partial charge >= 0.3 is 5.97 Å². The van der Waals surface area contributed by atoms with E-state index in [9.17, 15) is 4.79 Å². The molecule has 0 aromatic carbocycles. The predicted octanol–water partition coefficient (Wildman–Crippen LogP) is 1.42. The van der Waals surface area contributed by atoms with E-state index < -0.39 is 5.54 Å². The number of hydrogen-bond donors (Lipinski definition) is 1. The Bertz CT molecular complexity index is 206. The van der Waals surface area contributed by atoms with E-state index in [1.165, 1.54) is 12.8 Å². The van der Waals surface area contributed by atoms with E-state index in [0.717, 1.165) is 5.75 Å². The molecular formula is C10H19NO2S. The lowest BCUT2D eigenvalue weighted by Crippen LogP contribution is -2.53. The fourth-order valence-electron chi connectivity index (χ4n) is 1.42. The van der Waals surface area contributed by atoms with Crippen molar-refractivity contribution in [2.75, 3.05) is 18.6 Å². The van der Waals surface area contributed by atoms with Gasteiger partial charge < -0.3 is 4.74 Å². The molecule has 4 heteroatoms. The second-order valence-electron chi connectivity index (χ2n) is 3.90. The fraction of sp³-hybridized carbons (Fsp3) is 0.900. The Hall–Kier alpha value is -0.220. The molecule has 0 amide bonds. The lowest BCUT2D eigenvalue weighted by molar-refractivity contribution is -0.149. The first-order valence-corrected chi connectivity index (χ1v) is 6.45. The highest BCUT2D eigenvalue weighted by Crippen LogP contribution is 2.24. The third-order valence-electron chi connectivity index (χ3n) is 2.26. The summed E-state index contributed by atoms with van der Waals surface area (Å²) in [5.41, 5.74) is -0.503. The van der Waals surface area contributed by atoms with Crippen LogP contribution in [0.2, 0.25) is 0 Å². The molecule has 14 heavy (non-hydrogen) atoms. The van der Waals surface area contributed by atoms with Gasteiger partial charge in [-0.15, -0.1) is 0 Å². The summed E-state index contributed by atoms with van der Waals surface area (Å²) in [6.45, 7) is 4.23. The van der Waals surface area contributed by atoms with Crippen molar-refractivity contribution in [3.05, 3.63) is 0 Å². The average Bonchev–Trinajstić information content (AvgIpc) is 2.89. The van der Waals surface area contributed by atoms with Crippen molar-refractivity contribution < 1.29 is 9.53 Å². The molecular weight excluding hydrogens is 198 g/mol. The summed E-state index contributed by atoms with van der Waals surface area (Å²) < 4.78 is 5.07. The molecule has 1 aliphatic rings. The Labute approximate surface area is 90.0 Å². The van der Waals surface area contributed by atoms with Gasteiger partial charge in [0.1, 0.15) is 5.54 Å². The highest BCUT2D eigenvalue weighted by atomic mass is 32.2. The highest BCUT2D eigenvalue weighted by molar-refractivity contribution is 7.98. The minimum Gasteiger partial charge on any atom is -0.465 e. The second kappa shape index (κ2) is 5.03. The second-order valence-corrected chi connectivity index (χ2v) is 4.77. The van der Waals surface area contributed by atoms with Crippen molar-refractivity contribution in [2.24, 2.45) is 0 Å². The van der Waals surface area contributed by atoms with Gasteiger partial charge in [-0.05, 0) is 32.9 Å². The maximum atomic E-state index is 11.7. The van der Waals surface area contributed by atoms with Crippen LogP contribution in [0.15, 0.2) is 0 Å². The third kappa shape index (κ3) is 3.17. The standard InChI is InChI=1S/C10H19NO2S/c1-4-13-9(12)10(2,7-14-3)11-8-5-6-8/h8,11H,4-7H2,1-3H3. The molecule has 1 atom stereocenters. The van der Waals surface area contributed by atoms with Crippen molar-refractivity contribution in [1.82, 2.24) is 5.32 Å². The molecule has 1 aliphatic carbocycles. The average molecular weight is 217 g/mol. The Morgan fingerprint density at radius 2 is 2.29 bits per heavy atom. The van der Waals surface area contributed by atoms with E-state index in [1.54, 1.807) is 11.8 Å². The number of ether oxygens (including phenoxy) is 1. The van der Waals surface area contributed by atoms with E-state index in [1.807, 2.05) is 20.1 Å². The SMILES string of the molecule is CCOC(=O)C(C)(CSC)NC1CC1. The van der Waals surface area contributed by atoms with Crippen LogP contribution in [0, 0.1) is 0 Å². The van der Waals surface area contributed by atoms with Crippen molar-refractivity contribution in [1.29, 1.82) is 0 Å². The van der Waals surface area contributed by atoms with Gasteiger partial charge in [0.2, 0.25) is 0 Å². The normalized spacial score (nSPS) is 20.2. The topological polar surface area (TPSA) is 38.3 Å². The van der Waals surface area contributed by atoms with Gasteiger partial charge in [0.05, 0.1) is 6.61 Å². The van der Waals surface area contributed by atoms with Gasteiger partial charge in [-0.1, -0.05) is 0 Å². The molecule has 82 valence electrons. The molecule has 1 rings (SSSR count). The fourth-order valence-corrected chi connectivity index (χ4v) is 2.20. The lowest BCUT2D eigenvalue weighted by Gasteiger charge is -2.27. The van der Waals surface area contributed by atoms with Crippen LogP contribution in [-0.2, 0) is 9.53 Å². The van der Waals surface area contributed by atoms with Gasteiger partial charge in [0.25, 0.3) is 0 Å². The van der Waals surface area contributed by atoms with Crippen LogP contribution in [0.5, 0.6) is 0 Å². The summed E-state index contributed by atoms with van der Waals surface area (Å²) in [5.74, 6) is 0.642. The van der Waals surface area contributed by atoms with Crippen LogP contribution in [0.3, 0.4) is 0 Å². The summed E-state index contributed by atoms with van der Waals surface area (Å²) in [7, 11) is 0. The number of carbonyl (C=O) groups excluding carboxylic acids is 1. The molecule has 0 bridgehead atoms. The Kier molecular flexibility index (Phi) is 4.26. The van der Waals surface area contributed by atoms with Gasteiger partial charge in [-0.2, -0.15) is 11.8 Å². The Morgan fingerprint density at radius 1 is 1.64 bits per heavy atom. The predicted molar refractivity (Wildman–Crippen MR) is 59.6 cm³/mol. The molecule has 0 radical (unpaired) electrons. The number of esters is 1. The monoisotopic (exact) mass is 217 g/mol. The van der Waals surface area contributed by atoms with Crippen LogP contribution in [0.4, 0.5) is 0 Å². The lowest BCUT2D eigenvalue weighted by atomic mass is 10.1. The minimum absolute atomic E-state index is 0.124. The molecule has 0 heterocycles. The zero-order valence-corrected chi connectivity index (χ0v) is 9.95. The van der Waals surface area contributed by atoms with Gasteiger partial charge in [-0.3, -0.25) is 10.1 Å². The first kappa shape index (κ1) is 11.9. The third-order valence-corrected chi connectivity index (χ3v) is 3.13. The van der Waals surface area contributed by atoms with Gasteiger partial charge in [0.15, 0.2) is 0 Å². The first-order valence-electron chi connectivity index (χ1n) is 5.06. The van der Waals surface area contributed by atoms with Crippen LogP contribution < -0.4 is 5.32 Å². The van der Waals surface area contributed by atoms with E-state index in [4.69, 9.17) is 4.74 Å². The molecule has 0 aliphatic heterocycles. The maximum Gasteiger partial charge on any atom is 0.326 e. The zero-order chi connectivity index (χ0) is 10.6. The minimum atomic E-state index is -0.503. The summed E-state index contributed by atoms with van der Waals surface area (Å²) in [4.78, 5) is 11.7. The van der Waals surface area contributed by atoms with E-state index in [0.29, 0.717) is 12.6 Å². The number of thioether (sulfide) groups is 1. The number of nitrogens with one attached hydrogen (secondary N) is 1. The van der Waals surface area contributed by atoms with Crippen LogP contribution in [0.25, 0.3) is 0 Å². The van der Waals surface area contributed by atoms with Crippen molar-refractivity contribution in [2.45, 2.75) is 38.3 Å². The molecule has 0 spiro atoms. The molecule has 1 saturated carbocycles. The molecule has 3 nitrogen and oxygen atoms in total. The highest BCUT2D eigenvalue weighted by Gasteiger charge is 2.39. The van der Waals surface area contributed by atoms with E-state index in [-0.39, 0.29) is 5.97 Å². The van der Waals surface area contributed by atoms with Crippen LogP contribution in [0.1, 0.15) is 26.7 Å². The van der Waals surface area contributed by atoms with E-state index >= 15 is 0 Å². The molecule has 1 N–H and O–H groups in total. The summed E-state index contributed by atoms with van der Waals surface area (Å²) in [5, 5.41) is 3.36. The van der Waals surface area contributed by atoms with Crippen molar-refractivity contribution >= 4 is 17.7 Å². The zero-order valence-electron chi connectivity index (χ0n) is 9.13. The van der Waals surface area contributed by atoms with E-state index in [2.05, 4.69) is 5.32 Å². The summed E-state index contributed by atoms with van der Waals surface area (Å²) in [6, 6.07) is 0.525. The molecule has 0 aromatic rings. The van der Waals surface area contributed by atoms with Crippen molar-refractivity contribution in [3.8, 4) is 0 Å². The van der Waals surface area contributed by atoms with Crippen LogP contribution >= 0.6 is 11.8 Å². The molecule has 0 saturated heterocycles. The number of carbonyl (C=O) groups is 1. The maximum absolute atomic E-state index is 11.7. The Morgan fingerprint density at radius 3 is 2.71 bits per heavy atom. The van der Waals surface area contributed by atoms with Crippen LogP contribution in [-0.4, -0.2) is 36.2 Å². The quantitative estimate of drug-likeness (QED) is 0.683. The first-order chi connectivity index (χ1) is 6.62. The summed E-state index contributed by atoms with van der Waals surface area (Å²) in [6.07, 6.45) is 4.37. The Balaban J connectivity index is 2.52. The molecule has 0 aromatic heterocycles. The number of rotatable bonds is 6. The smallest absolute Gasteiger partial charge is 0.326 e. The largest absolute Gasteiger partial charge is 0.465 e. The van der Waals surface area contributed by atoms with Crippen molar-refractivity contribution in [3.63, 3.8) is 0 Å². The molecule has 1 fully saturated rings. The number of hydrogen-bond acceptors (Lipinski definition) is 4. The summed E-state index contributed by atoms with van der Waals surface area (Å²) >= 11 is 1.67.